The number of hydrogen-bond donors (Lipinski definition) is 2. The summed E-state index contributed by atoms with van der Waals surface area (Å²) >= 11 is 0. The molecule has 4 aromatic rings. The van der Waals surface area contributed by atoms with Crippen LogP contribution in [0.25, 0.3) is 11.3 Å². The first kappa shape index (κ1) is 22.6. The second kappa shape index (κ2) is 9.91. The summed E-state index contributed by atoms with van der Waals surface area (Å²) in [6, 6.07) is 22.8. The first-order valence-corrected chi connectivity index (χ1v) is 10.5. The number of carbonyl (C=O) groups excluding carboxylic acids is 2. The molecule has 0 unspecified atom stereocenters. The molecule has 7 nitrogen and oxygen atoms in total. The Bertz CT molecular complexity index is 1400. The molecule has 1 heterocycles. The van der Waals surface area contributed by atoms with E-state index in [1.807, 2.05) is 31.2 Å². The van der Waals surface area contributed by atoms with E-state index in [2.05, 4.69) is 15.7 Å². The van der Waals surface area contributed by atoms with Crippen molar-refractivity contribution in [2.45, 2.75) is 13.5 Å². The van der Waals surface area contributed by atoms with Crippen LogP contribution in [0.3, 0.4) is 0 Å². The minimum atomic E-state index is -0.644. The quantitative estimate of drug-likeness (QED) is 0.454. The van der Waals surface area contributed by atoms with Gasteiger partial charge in [-0.15, -0.1) is 0 Å². The van der Waals surface area contributed by atoms with Crippen molar-refractivity contribution in [3.63, 3.8) is 0 Å². The van der Waals surface area contributed by atoms with Gasteiger partial charge >= 0.3 is 0 Å². The van der Waals surface area contributed by atoms with Crippen LogP contribution < -0.4 is 16.2 Å². The number of halogens is 1. The molecule has 0 spiro atoms. The highest BCUT2D eigenvalue weighted by Crippen LogP contribution is 2.19. The summed E-state index contributed by atoms with van der Waals surface area (Å²) in [5.41, 5.74) is 2.13. The number of aryl methyl sites for hydroxylation is 1. The van der Waals surface area contributed by atoms with E-state index in [0.29, 0.717) is 16.8 Å². The van der Waals surface area contributed by atoms with Crippen LogP contribution in [0.5, 0.6) is 0 Å². The molecule has 2 N–H and O–H groups in total. The lowest BCUT2D eigenvalue weighted by atomic mass is 10.1. The standard InChI is InChI=1S/C26H21FN4O3/c1-17-10-12-18(13-11-17)22-15-23(29-25(33)19-6-3-2-4-7-19)26(34)31(30-22)16-24(32)28-21-9-5-8-20(27)14-21/h2-15H,16H2,1H3,(H,28,32)(H,29,33). The third kappa shape index (κ3) is 5.42. The van der Waals surface area contributed by atoms with Gasteiger partial charge in [0.25, 0.3) is 11.5 Å². The van der Waals surface area contributed by atoms with Crippen molar-refractivity contribution in [3.8, 4) is 11.3 Å². The topological polar surface area (TPSA) is 93.1 Å². The molecule has 3 aromatic carbocycles. The summed E-state index contributed by atoms with van der Waals surface area (Å²) in [5, 5.41) is 9.50. The van der Waals surface area contributed by atoms with E-state index in [4.69, 9.17) is 0 Å². The molecule has 4 rings (SSSR count). The Morgan fingerprint density at radius 2 is 1.65 bits per heavy atom. The normalized spacial score (nSPS) is 10.5. The average molecular weight is 456 g/mol. The molecule has 0 saturated heterocycles. The first-order chi connectivity index (χ1) is 16.4. The van der Waals surface area contributed by atoms with Crippen LogP contribution in [0.15, 0.2) is 89.7 Å². The van der Waals surface area contributed by atoms with Crippen molar-refractivity contribution in [1.82, 2.24) is 9.78 Å². The summed E-state index contributed by atoms with van der Waals surface area (Å²) in [5.74, 6) is -1.53. The van der Waals surface area contributed by atoms with Crippen molar-refractivity contribution in [3.05, 3.63) is 112 Å². The molecule has 0 aliphatic rings. The van der Waals surface area contributed by atoms with Gasteiger partial charge in [0.1, 0.15) is 18.0 Å². The SMILES string of the molecule is Cc1ccc(-c2cc(NC(=O)c3ccccc3)c(=O)n(CC(=O)Nc3cccc(F)c3)n2)cc1. The average Bonchev–Trinajstić information content (AvgIpc) is 2.82. The zero-order valence-corrected chi connectivity index (χ0v) is 18.3. The maximum absolute atomic E-state index is 13.4. The van der Waals surface area contributed by atoms with Crippen molar-refractivity contribution in [2.75, 3.05) is 10.6 Å². The number of aromatic nitrogens is 2. The van der Waals surface area contributed by atoms with E-state index in [1.54, 1.807) is 30.3 Å². The van der Waals surface area contributed by atoms with Gasteiger partial charge in [-0.1, -0.05) is 54.1 Å². The van der Waals surface area contributed by atoms with E-state index < -0.39 is 29.7 Å². The van der Waals surface area contributed by atoms with Crippen LogP contribution in [-0.4, -0.2) is 21.6 Å². The van der Waals surface area contributed by atoms with Gasteiger partial charge in [0, 0.05) is 16.8 Å². The number of benzene rings is 3. The van der Waals surface area contributed by atoms with Crippen LogP contribution in [0.1, 0.15) is 15.9 Å². The Morgan fingerprint density at radius 1 is 0.912 bits per heavy atom. The molecular formula is C26H21FN4O3. The highest BCUT2D eigenvalue weighted by Gasteiger charge is 2.16. The molecule has 0 radical (unpaired) electrons. The summed E-state index contributed by atoms with van der Waals surface area (Å²) < 4.78 is 14.4. The monoisotopic (exact) mass is 456 g/mol. The Labute approximate surface area is 194 Å². The molecule has 0 aliphatic heterocycles. The predicted octanol–water partition coefficient (Wildman–Crippen LogP) is 4.25. The number of rotatable bonds is 6. The van der Waals surface area contributed by atoms with E-state index in [1.165, 1.54) is 30.3 Å². The molecule has 34 heavy (non-hydrogen) atoms. The highest BCUT2D eigenvalue weighted by molar-refractivity contribution is 6.04. The maximum Gasteiger partial charge on any atom is 0.291 e. The van der Waals surface area contributed by atoms with E-state index in [9.17, 15) is 18.8 Å². The number of nitrogens with zero attached hydrogens (tertiary/aromatic N) is 2. The summed E-state index contributed by atoms with van der Waals surface area (Å²) in [7, 11) is 0. The lowest BCUT2D eigenvalue weighted by molar-refractivity contribution is -0.117. The summed E-state index contributed by atoms with van der Waals surface area (Å²) in [6.45, 7) is 1.52. The summed E-state index contributed by atoms with van der Waals surface area (Å²) in [6.07, 6.45) is 0. The number of hydrogen-bond acceptors (Lipinski definition) is 4. The predicted molar refractivity (Wildman–Crippen MR) is 128 cm³/mol. The van der Waals surface area contributed by atoms with Crippen LogP contribution in [0.2, 0.25) is 0 Å². The maximum atomic E-state index is 13.4. The molecule has 0 fully saturated rings. The molecule has 170 valence electrons. The summed E-state index contributed by atoms with van der Waals surface area (Å²) in [4.78, 5) is 38.3. The van der Waals surface area contributed by atoms with Crippen molar-refractivity contribution in [2.24, 2.45) is 0 Å². The smallest absolute Gasteiger partial charge is 0.291 e. The molecule has 0 saturated carbocycles. The van der Waals surface area contributed by atoms with Crippen LogP contribution >= 0.6 is 0 Å². The van der Waals surface area contributed by atoms with Gasteiger partial charge < -0.3 is 10.6 Å². The van der Waals surface area contributed by atoms with Gasteiger partial charge in [-0.3, -0.25) is 14.4 Å². The molecule has 0 aliphatic carbocycles. The van der Waals surface area contributed by atoms with E-state index in [-0.39, 0.29) is 11.4 Å². The molecule has 8 heteroatoms. The van der Waals surface area contributed by atoms with Gasteiger partial charge in [0.05, 0.1) is 5.69 Å². The minimum Gasteiger partial charge on any atom is -0.324 e. The van der Waals surface area contributed by atoms with Crippen LogP contribution in [0.4, 0.5) is 15.8 Å². The van der Waals surface area contributed by atoms with Gasteiger partial charge in [-0.25, -0.2) is 9.07 Å². The van der Waals surface area contributed by atoms with Gasteiger partial charge in [0.15, 0.2) is 0 Å². The minimum absolute atomic E-state index is 0.0158. The Morgan fingerprint density at radius 3 is 2.35 bits per heavy atom. The Hall–Kier alpha value is -4.59. The number of nitrogens with one attached hydrogen (secondary N) is 2. The van der Waals surface area contributed by atoms with Crippen molar-refractivity contribution in [1.29, 1.82) is 0 Å². The van der Waals surface area contributed by atoms with Crippen molar-refractivity contribution >= 4 is 23.2 Å². The molecular weight excluding hydrogens is 435 g/mol. The fourth-order valence-corrected chi connectivity index (χ4v) is 3.29. The Balaban J connectivity index is 1.68. The number of amides is 2. The molecule has 0 bridgehead atoms. The lowest BCUT2D eigenvalue weighted by Gasteiger charge is -2.12. The molecule has 2 amide bonds. The largest absolute Gasteiger partial charge is 0.324 e. The zero-order chi connectivity index (χ0) is 24.1. The lowest BCUT2D eigenvalue weighted by Crippen LogP contribution is -2.32. The van der Waals surface area contributed by atoms with Gasteiger partial charge in [-0.2, -0.15) is 5.10 Å². The molecule has 0 atom stereocenters. The third-order valence-electron chi connectivity index (χ3n) is 5.01. The van der Waals surface area contributed by atoms with E-state index >= 15 is 0 Å². The van der Waals surface area contributed by atoms with Gasteiger partial charge in [-0.05, 0) is 43.3 Å². The number of anilines is 2. The highest BCUT2D eigenvalue weighted by atomic mass is 19.1. The third-order valence-corrected chi connectivity index (χ3v) is 5.01. The van der Waals surface area contributed by atoms with Gasteiger partial charge in [0.2, 0.25) is 5.91 Å². The van der Waals surface area contributed by atoms with E-state index in [0.717, 1.165) is 10.2 Å². The second-order valence-electron chi connectivity index (χ2n) is 7.65. The zero-order valence-electron chi connectivity index (χ0n) is 18.3. The molecule has 1 aromatic heterocycles. The first-order valence-electron chi connectivity index (χ1n) is 10.5. The fourth-order valence-electron chi connectivity index (χ4n) is 3.29. The number of carbonyl (C=O) groups is 2. The Kier molecular flexibility index (Phi) is 6.59. The second-order valence-corrected chi connectivity index (χ2v) is 7.65. The fraction of sp³-hybridized carbons (Fsp3) is 0.0769. The van der Waals surface area contributed by atoms with Crippen LogP contribution in [0, 0.1) is 12.7 Å². The van der Waals surface area contributed by atoms with Crippen LogP contribution in [-0.2, 0) is 11.3 Å². The van der Waals surface area contributed by atoms with Crippen molar-refractivity contribution < 1.29 is 14.0 Å².